The van der Waals surface area contributed by atoms with Crippen molar-refractivity contribution in [1.82, 2.24) is 14.5 Å². The van der Waals surface area contributed by atoms with Crippen molar-refractivity contribution in [3.63, 3.8) is 0 Å². The summed E-state index contributed by atoms with van der Waals surface area (Å²) in [6, 6.07) is 4.32. The molecule has 0 aliphatic carbocycles. The van der Waals surface area contributed by atoms with Crippen LogP contribution in [-0.4, -0.2) is 34.2 Å². The molecule has 0 spiro atoms. The smallest absolute Gasteiger partial charge is 0.0949 e. The van der Waals surface area contributed by atoms with Gasteiger partial charge in [0.1, 0.15) is 0 Å². The Balaban J connectivity index is 1.77. The van der Waals surface area contributed by atoms with Gasteiger partial charge in [0.25, 0.3) is 0 Å². The number of rotatable bonds is 5. The second kappa shape index (κ2) is 6.08. The number of aryl methyl sites for hydroxylation is 1. The second-order valence-electron chi connectivity index (χ2n) is 5.29. The van der Waals surface area contributed by atoms with Crippen LogP contribution in [0.3, 0.4) is 0 Å². The van der Waals surface area contributed by atoms with E-state index >= 15 is 0 Å². The number of imidazole rings is 1. The van der Waals surface area contributed by atoms with Crippen LogP contribution >= 0.6 is 11.3 Å². The van der Waals surface area contributed by atoms with Gasteiger partial charge in [-0.2, -0.15) is 0 Å². The maximum atomic E-state index is 5.67. The summed E-state index contributed by atoms with van der Waals surface area (Å²) < 4.78 is 7.83. The van der Waals surface area contributed by atoms with Crippen LogP contribution in [0.2, 0.25) is 0 Å². The first kappa shape index (κ1) is 13.8. The van der Waals surface area contributed by atoms with Crippen LogP contribution in [0.4, 0.5) is 0 Å². The summed E-state index contributed by atoms with van der Waals surface area (Å²) in [7, 11) is 2.08. The van der Waals surface area contributed by atoms with E-state index in [-0.39, 0.29) is 0 Å². The van der Waals surface area contributed by atoms with Crippen molar-refractivity contribution in [2.75, 3.05) is 19.8 Å². The predicted molar refractivity (Wildman–Crippen MR) is 80.9 cm³/mol. The zero-order chi connectivity index (χ0) is 13.9. The Labute approximate surface area is 124 Å². The van der Waals surface area contributed by atoms with Crippen LogP contribution in [0.5, 0.6) is 0 Å². The molecule has 1 atom stereocenters. The first-order chi connectivity index (χ1) is 9.78. The van der Waals surface area contributed by atoms with Crippen LogP contribution in [0.15, 0.2) is 23.8 Å². The minimum Gasteiger partial charge on any atom is -0.381 e. The van der Waals surface area contributed by atoms with Gasteiger partial charge in [0.05, 0.1) is 18.6 Å². The monoisotopic (exact) mass is 291 g/mol. The standard InChI is InChI=1S/C15H21N3OS/c1-3-19-10-12-7-18(8-13-5-4-6-20-13)9-14-15(12)17(2)11-16-14/h4-6,11-12H,3,7-10H2,1-2H3/t12-/m1/s1. The Morgan fingerprint density at radius 3 is 3.15 bits per heavy atom. The lowest BCUT2D eigenvalue weighted by atomic mass is 9.99. The fourth-order valence-corrected chi connectivity index (χ4v) is 3.69. The molecule has 20 heavy (non-hydrogen) atoms. The SMILES string of the molecule is CCOC[C@H]1CN(Cc2cccs2)Cc2ncn(C)c21. The molecule has 1 aliphatic rings. The molecule has 0 radical (unpaired) electrons. The number of ether oxygens (including phenoxy) is 1. The van der Waals surface area contributed by atoms with Crippen LogP contribution in [-0.2, 0) is 24.9 Å². The lowest BCUT2D eigenvalue weighted by molar-refractivity contribution is 0.102. The van der Waals surface area contributed by atoms with Gasteiger partial charge in [0.2, 0.25) is 0 Å². The molecule has 108 valence electrons. The predicted octanol–water partition coefficient (Wildman–Crippen LogP) is 2.62. The summed E-state index contributed by atoms with van der Waals surface area (Å²) >= 11 is 1.82. The molecule has 0 aromatic carbocycles. The number of aromatic nitrogens is 2. The summed E-state index contributed by atoms with van der Waals surface area (Å²) in [4.78, 5) is 8.46. The maximum absolute atomic E-state index is 5.67. The highest BCUT2D eigenvalue weighted by Crippen LogP contribution is 2.29. The minimum atomic E-state index is 0.422. The molecule has 0 fully saturated rings. The molecule has 0 N–H and O–H groups in total. The summed E-state index contributed by atoms with van der Waals surface area (Å²) in [5, 5.41) is 2.14. The van der Waals surface area contributed by atoms with Crippen molar-refractivity contribution >= 4 is 11.3 Å². The van der Waals surface area contributed by atoms with Gasteiger partial charge in [-0.1, -0.05) is 6.07 Å². The van der Waals surface area contributed by atoms with Crippen molar-refractivity contribution in [2.24, 2.45) is 7.05 Å². The fraction of sp³-hybridized carbons (Fsp3) is 0.533. The average molecular weight is 291 g/mol. The summed E-state index contributed by atoms with van der Waals surface area (Å²) in [6.45, 7) is 6.60. The third kappa shape index (κ3) is 2.80. The van der Waals surface area contributed by atoms with E-state index in [1.165, 1.54) is 16.3 Å². The van der Waals surface area contributed by atoms with Crippen molar-refractivity contribution in [2.45, 2.75) is 25.9 Å². The molecular weight excluding hydrogens is 270 g/mol. The van der Waals surface area contributed by atoms with Crippen molar-refractivity contribution in [3.05, 3.63) is 40.1 Å². The normalized spacial score (nSPS) is 19.2. The van der Waals surface area contributed by atoms with Crippen LogP contribution < -0.4 is 0 Å². The van der Waals surface area contributed by atoms with Gasteiger partial charge in [-0.3, -0.25) is 4.90 Å². The average Bonchev–Trinajstić information content (AvgIpc) is 3.07. The maximum Gasteiger partial charge on any atom is 0.0949 e. The highest BCUT2D eigenvalue weighted by atomic mass is 32.1. The Bertz CT molecular complexity index is 549. The number of hydrogen-bond donors (Lipinski definition) is 0. The molecule has 0 saturated heterocycles. The van der Waals surface area contributed by atoms with Gasteiger partial charge >= 0.3 is 0 Å². The van der Waals surface area contributed by atoms with Gasteiger partial charge in [0.15, 0.2) is 0 Å². The second-order valence-corrected chi connectivity index (χ2v) is 6.33. The Morgan fingerprint density at radius 1 is 1.50 bits per heavy atom. The van der Waals surface area contributed by atoms with E-state index in [1.807, 2.05) is 17.7 Å². The molecule has 0 saturated carbocycles. The lowest BCUT2D eigenvalue weighted by Gasteiger charge is -2.32. The van der Waals surface area contributed by atoms with E-state index < -0.39 is 0 Å². The van der Waals surface area contributed by atoms with E-state index in [0.717, 1.165) is 32.8 Å². The van der Waals surface area contributed by atoms with Crippen LogP contribution in [0.25, 0.3) is 0 Å². The highest BCUT2D eigenvalue weighted by Gasteiger charge is 2.29. The van der Waals surface area contributed by atoms with E-state index in [9.17, 15) is 0 Å². The summed E-state index contributed by atoms with van der Waals surface area (Å²) in [5.41, 5.74) is 2.56. The molecule has 0 unspecified atom stereocenters. The molecule has 3 rings (SSSR count). The first-order valence-corrected chi connectivity index (χ1v) is 7.98. The molecule has 0 bridgehead atoms. The van der Waals surface area contributed by atoms with E-state index in [4.69, 9.17) is 4.74 Å². The summed E-state index contributed by atoms with van der Waals surface area (Å²) in [5.74, 6) is 0.422. The van der Waals surface area contributed by atoms with Gasteiger partial charge in [0, 0.05) is 49.8 Å². The van der Waals surface area contributed by atoms with Gasteiger partial charge in [-0.05, 0) is 18.4 Å². The minimum absolute atomic E-state index is 0.422. The molecule has 3 heterocycles. The largest absolute Gasteiger partial charge is 0.381 e. The van der Waals surface area contributed by atoms with E-state index in [1.54, 1.807) is 0 Å². The van der Waals surface area contributed by atoms with Crippen LogP contribution in [0, 0.1) is 0 Å². The number of fused-ring (bicyclic) bond motifs is 1. The van der Waals surface area contributed by atoms with Gasteiger partial charge < -0.3 is 9.30 Å². The number of hydrogen-bond acceptors (Lipinski definition) is 4. The third-order valence-electron chi connectivity index (χ3n) is 3.78. The Hall–Kier alpha value is -1.17. The highest BCUT2D eigenvalue weighted by molar-refractivity contribution is 7.09. The molecule has 5 heteroatoms. The zero-order valence-corrected chi connectivity index (χ0v) is 12.9. The fourth-order valence-electron chi connectivity index (χ4n) is 2.94. The first-order valence-electron chi connectivity index (χ1n) is 7.10. The topological polar surface area (TPSA) is 30.3 Å². The van der Waals surface area contributed by atoms with Crippen molar-refractivity contribution in [1.29, 1.82) is 0 Å². The number of thiophene rings is 1. The zero-order valence-electron chi connectivity index (χ0n) is 12.1. The molecule has 1 aliphatic heterocycles. The Kier molecular flexibility index (Phi) is 4.19. The molecule has 4 nitrogen and oxygen atoms in total. The molecule has 0 amide bonds. The number of nitrogens with zero attached hydrogens (tertiary/aromatic N) is 3. The van der Waals surface area contributed by atoms with Gasteiger partial charge in [-0.25, -0.2) is 4.98 Å². The lowest BCUT2D eigenvalue weighted by Crippen LogP contribution is -2.35. The Morgan fingerprint density at radius 2 is 2.40 bits per heavy atom. The quantitative estimate of drug-likeness (QED) is 0.848. The molecule has 2 aromatic rings. The van der Waals surface area contributed by atoms with E-state index in [2.05, 4.69) is 45.9 Å². The third-order valence-corrected chi connectivity index (χ3v) is 4.64. The van der Waals surface area contributed by atoms with Crippen molar-refractivity contribution in [3.8, 4) is 0 Å². The summed E-state index contributed by atoms with van der Waals surface area (Å²) in [6.07, 6.45) is 1.93. The van der Waals surface area contributed by atoms with Crippen LogP contribution in [0.1, 0.15) is 29.1 Å². The van der Waals surface area contributed by atoms with E-state index in [0.29, 0.717) is 5.92 Å². The van der Waals surface area contributed by atoms with Crippen molar-refractivity contribution < 1.29 is 4.74 Å². The molecular formula is C15H21N3OS. The molecule has 2 aromatic heterocycles. The van der Waals surface area contributed by atoms with Gasteiger partial charge in [-0.15, -0.1) is 11.3 Å².